The minimum atomic E-state index is -3.03. The Morgan fingerprint density at radius 2 is 2.06 bits per heavy atom. The first kappa shape index (κ1) is 12.3. The van der Waals surface area contributed by atoms with Gasteiger partial charge < -0.3 is 0 Å². The van der Waals surface area contributed by atoms with Crippen LogP contribution in [0.15, 0.2) is 24.3 Å². The maximum absolute atomic E-state index is 12.0. The van der Waals surface area contributed by atoms with E-state index in [0.717, 1.165) is 18.4 Å². The van der Waals surface area contributed by atoms with Crippen LogP contribution in [0.3, 0.4) is 0 Å². The summed E-state index contributed by atoms with van der Waals surface area (Å²) in [5.74, 6) is 0.238. The molecular formula is C13H16O3S. The van der Waals surface area contributed by atoms with Gasteiger partial charge in [-0.25, -0.2) is 8.42 Å². The molecule has 1 saturated heterocycles. The number of ketones is 1. The van der Waals surface area contributed by atoms with Crippen LogP contribution in [0.25, 0.3) is 0 Å². The van der Waals surface area contributed by atoms with Crippen LogP contribution in [0.4, 0.5) is 0 Å². The van der Waals surface area contributed by atoms with E-state index in [4.69, 9.17) is 0 Å². The van der Waals surface area contributed by atoms with Crippen molar-refractivity contribution in [3.63, 3.8) is 0 Å². The zero-order valence-corrected chi connectivity index (χ0v) is 10.7. The maximum atomic E-state index is 12.0. The van der Waals surface area contributed by atoms with Gasteiger partial charge in [-0.2, -0.15) is 0 Å². The molecule has 0 spiro atoms. The molecule has 4 heteroatoms. The molecule has 0 bridgehead atoms. The van der Waals surface area contributed by atoms with Crippen LogP contribution in [0.1, 0.15) is 47.4 Å². The lowest BCUT2D eigenvalue weighted by atomic mass is 10.0. The number of carbonyl (C=O) groups excluding carboxylic acids is 1. The van der Waals surface area contributed by atoms with Gasteiger partial charge >= 0.3 is 0 Å². The number of rotatable bonds is 2. The van der Waals surface area contributed by atoms with Crippen LogP contribution in [-0.2, 0) is 9.84 Å². The van der Waals surface area contributed by atoms with E-state index < -0.39 is 15.1 Å². The fourth-order valence-corrected chi connectivity index (χ4v) is 4.26. The van der Waals surface area contributed by atoms with Gasteiger partial charge in [-0.1, -0.05) is 24.6 Å². The zero-order chi connectivity index (χ0) is 12.5. The van der Waals surface area contributed by atoms with Gasteiger partial charge in [0.1, 0.15) is 0 Å². The SMILES string of the molecule is CC(=O)c1cccc(C2CCCCS2(=O)=O)c1. The summed E-state index contributed by atoms with van der Waals surface area (Å²) in [5, 5.41) is -0.421. The summed E-state index contributed by atoms with van der Waals surface area (Å²) in [6.07, 6.45) is 2.36. The zero-order valence-electron chi connectivity index (χ0n) is 9.85. The molecule has 1 atom stereocenters. The summed E-state index contributed by atoms with van der Waals surface area (Å²) < 4.78 is 24.0. The second-order valence-electron chi connectivity index (χ2n) is 4.53. The van der Waals surface area contributed by atoms with Crippen molar-refractivity contribution in [2.45, 2.75) is 31.4 Å². The standard InChI is InChI=1S/C13H16O3S/c1-10(14)11-5-4-6-12(9-11)13-7-2-3-8-17(13,15)16/h4-6,9,13H,2-3,7-8H2,1H3. The number of carbonyl (C=O) groups is 1. The van der Waals surface area contributed by atoms with Crippen LogP contribution >= 0.6 is 0 Å². The van der Waals surface area contributed by atoms with Gasteiger partial charge in [0.15, 0.2) is 15.6 Å². The molecule has 0 aromatic heterocycles. The quantitative estimate of drug-likeness (QED) is 0.760. The predicted octanol–water partition coefficient (Wildman–Crippen LogP) is 2.53. The van der Waals surface area contributed by atoms with Crippen molar-refractivity contribution in [3.8, 4) is 0 Å². The molecule has 1 unspecified atom stereocenters. The summed E-state index contributed by atoms with van der Waals surface area (Å²) >= 11 is 0. The number of hydrogen-bond donors (Lipinski definition) is 0. The summed E-state index contributed by atoms with van der Waals surface area (Å²) in [6, 6.07) is 7.01. The third kappa shape index (κ3) is 2.57. The molecule has 1 fully saturated rings. The van der Waals surface area contributed by atoms with Crippen molar-refractivity contribution in [1.82, 2.24) is 0 Å². The van der Waals surface area contributed by atoms with Crippen molar-refractivity contribution in [2.24, 2.45) is 0 Å². The topological polar surface area (TPSA) is 51.2 Å². The molecule has 1 aliphatic heterocycles. The molecule has 3 nitrogen and oxygen atoms in total. The molecule has 0 amide bonds. The molecule has 17 heavy (non-hydrogen) atoms. The molecule has 92 valence electrons. The van der Waals surface area contributed by atoms with Gasteiger partial charge in [-0.3, -0.25) is 4.79 Å². The fraction of sp³-hybridized carbons (Fsp3) is 0.462. The lowest BCUT2D eigenvalue weighted by molar-refractivity contribution is 0.101. The van der Waals surface area contributed by atoms with E-state index in [-0.39, 0.29) is 11.5 Å². The normalized spacial score (nSPS) is 23.2. The molecule has 0 aliphatic carbocycles. The summed E-state index contributed by atoms with van der Waals surface area (Å²) in [4.78, 5) is 11.3. The van der Waals surface area contributed by atoms with Crippen LogP contribution in [0.5, 0.6) is 0 Å². The highest BCUT2D eigenvalue weighted by Gasteiger charge is 2.30. The first-order valence-electron chi connectivity index (χ1n) is 5.83. The van der Waals surface area contributed by atoms with Gasteiger partial charge in [-0.05, 0) is 31.4 Å². The summed E-state index contributed by atoms with van der Waals surface area (Å²) in [5.41, 5.74) is 1.35. The lowest BCUT2D eigenvalue weighted by Crippen LogP contribution is -2.21. The van der Waals surface area contributed by atoms with E-state index in [1.54, 1.807) is 24.3 Å². The highest BCUT2D eigenvalue weighted by atomic mass is 32.2. The van der Waals surface area contributed by atoms with Gasteiger partial charge in [0.05, 0.1) is 11.0 Å². The van der Waals surface area contributed by atoms with E-state index in [1.165, 1.54) is 6.92 Å². The highest BCUT2D eigenvalue weighted by Crippen LogP contribution is 2.33. The number of Topliss-reactive ketones (excluding diaryl/α,β-unsaturated/α-hetero) is 1. The average molecular weight is 252 g/mol. The van der Waals surface area contributed by atoms with E-state index >= 15 is 0 Å². The monoisotopic (exact) mass is 252 g/mol. The van der Waals surface area contributed by atoms with E-state index in [9.17, 15) is 13.2 Å². The van der Waals surface area contributed by atoms with Gasteiger partial charge in [0.25, 0.3) is 0 Å². The third-order valence-corrected chi connectivity index (χ3v) is 5.48. The largest absolute Gasteiger partial charge is 0.295 e. The van der Waals surface area contributed by atoms with E-state index in [0.29, 0.717) is 12.0 Å². The Hall–Kier alpha value is -1.16. The molecule has 0 radical (unpaired) electrons. The maximum Gasteiger partial charge on any atom is 0.159 e. The second kappa shape index (κ2) is 4.61. The Morgan fingerprint density at radius 1 is 1.29 bits per heavy atom. The predicted molar refractivity (Wildman–Crippen MR) is 66.8 cm³/mol. The Balaban J connectivity index is 2.39. The molecule has 1 aliphatic rings. The molecular weight excluding hydrogens is 236 g/mol. The Kier molecular flexibility index (Phi) is 3.33. The van der Waals surface area contributed by atoms with E-state index in [2.05, 4.69) is 0 Å². The van der Waals surface area contributed by atoms with Crippen molar-refractivity contribution >= 4 is 15.6 Å². The van der Waals surface area contributed by atoms with Gasteiger partial charge in [0, 0.05) is 5.56 Å². The van der Waals surface area contributed by atoms with Crippen molar-refractivity contribution in [1.29, 1.82) is 0 Å². The number of sulfone groups is 1. The van der Waals surface area contributed by atoms with Crippen molar-refractivity contribution < 1.29 is 13.2 Å². The Bertz CT molecular complexity index is 531. The smallest absolute Gasteiger partial charge is 0.159 e. The van der Waals surface area contributed by atoms with E-state index in [1.807, 2.05) is 0 Å². The summed E-state index contributed by atoms with van der Waals surface area (Å²) in [7, 11) is -3.03. The van der Waals surface area contributed by atoms with Gasteiger partial charge in [0.2, 0.25) is 0 Å². The third-order valence-electron chi connectivity index (χ3n) is 3.24. The molecule has 2 rings (SSSR count). The number of hydrogen-bond acceptors (Lipinski definition) is 3. The lowest BCUT2D eigenvalue weighted by Gasteiger charge is -2.22. The highest BCUT2D eigenvalue weighted by molar-refractivity contribution is 7.91. The fourth-order valence-electron chi connectivity index (χ4n) is 2.29. The molecule has 1 aromatic rings. The minimum Gasteiger partial charge on any atom is -0.295 e. The molecule has 0 N–H and O–H groups in total. The Morgan fingerprint density at radius 3 is 2.71 bits per heavy atom. The van der Waals surface area contributed by atoms with Crippen molar-refractivity contribution in [2.75, 3.05) is 5.75 Å². The number of benzene rings is 1. The first-order valence-corrected chi connectivity index (χ1v) is 7.55. The molecule has 1 heterocycles. The molecule has 1 aromatic carbocycles. The van der Waals surface area contributed by atoms with Crippen molar-refractivity contribution in [3.05, 3.63) is 35.4 Å². The van der Waals surface area contributed by atoms with Crippen LogP contribution < -0.4 is 0 Å². The Labute approximate surface area is 102 Å². The van der Waals surface area contributed by atoms with Crippen LogP contribution in [-0.4, -0.2) is 20.0 Å². The first-order chi connectivity index (χ1) is 8.00. The second-order valence-corrected chi connectivity index (χ2v) is 6.84. The van der Waals surface area contributed by atoms with Crippen LogP contribution in [0.2, 0.25) is 0 Å². The summed E-state index contributed by atoms with van der Waals surface area (Å²) in [6.45, 7) is 1.49. The van der Waals surface area contributed by atoms with Crippen LogP contribution in [0, 0.1) is 0 Å². The minimum absolute atomic E-state index is 0.0277. The molecule has 0 saturated carbocycles. The van der Waals surface area contributed by atoms with Gasteiger partial charge in [-0.15, -0.1) is 0 Å². The average Bonchev–Trinajstić information content (AvgIpc) is 2.28.